The average Bonchev–Trinajstić information content (AvgIpc) is 3.17. The Morgan fingerprint density at radius 2 is 1.04 bits per heavy atom. The molecule has 28 heavy (non-hydrogen) atoms. The molecule has 1 N–H and O–H groups in total. The zero-order valence-electron chi connectivity index (χ0n) is 14.8. The van der Waals surface area contributed by atoms with Gasteiger partial charge in [-0.25, -0.2) is 9.80 Å². The molecule has 2 saturated heterocycles. The van der Waals surface area contributed by atoms with E-state index in [0.29, 0.717) is 16.4 Å². The molecule has 2 aromatic carbocycles. The van der Waals surface area contributed by atoms with Crippen molar-refractivity contribution in [3.05, 3.63) is 60.7 Å². The number of rotatable bonds is 4. The molecule has 0 saturated carbocycles. The van der Waals surface area contributed by atoms with E-state index in [9.17, 15) is 24.4 Å². The predicted molar refractivity (Wildman–Crippen MR) is 98.3 cm³/mol. The minimum atomic E-state index is -1.22. The number of hydrogen-bond acceptors (Lipinski definition) is 6. The fraction of sp³-hybridized carbons (Fsp3) is 0.200. The molecular weight excluding hydrogens is 362 g/mol. The van der Waals surface area contributed by atoms with Crippen LogP contribution in [-0.2, 0) is 19.2 Å². The summed E-state index contributed by atoms with van der Waals surface area (Å²) in [6.45, 7) is 0. The van der Waals surface area contributed by atoms with Gasteiger partial charge in [-0.15, -0.1) is 0 Å². The minimum absolute atomic E-state index is 0.270. The van der Waals surface area contributed by atoms with Gasteiger partial charge in [0, 0.05) is 0 Å². The predicted octanol–water partition coefficient (Wildman–Crippen LogP) is 1.34. The summed E-state index contributed by atoms with van der Waals surface area (Å²) in [5.74, 6) is -2.21. The van der Waals surface area contributed by atoms with Crippen molar-refractivity contribution in [2.75, 3.05) is 9.80 Å². The smallest absolute Gasteiger partial charge is 0.254 e. The summed E-state index contributed by atoms with van der Waals surface area (Å²) in [7, 11) is 0. The number of hydrogen-bond donors (Lipinski definition) is 1. The monoisotopic (exact) mass is 379 g/mol. The summed E-state index contributed by atoms with van der Waals surface area (Å²) in [4.78, 5) is 52.2. The van der Waals surface area contributed by atoms with Crippen molar-refractivity contribution >= 4 is 35.0 Å². The van der Waals surface area contributed by atoms with Crippen LogP contribution >= 0.6 is 0 Å². The number of carbonyl (C=O) groups is 4. The average molecular weight is 379 g/mol. The van der Waals surface area contributed by atoms with Gasteiger partial charge in [0.2, 0.25) is 11.8 Å². The maximum atomic E-state index is 12.7. The van der Waals surface area contributed by atoms with Gasteiger partial charge >= 0.3 is 0 Å². The maximum absolute atomic E-state index is 12.7. The highest BCUT2D eigenvalue weighted by molar-refractivity contribution is 6.24. The first kappa shape index (κ1) is 18.0. The minimum Gasteiger partial charge on any atom is -0.312 e. The van der Waals surface area contributed by atoms with E-state index < -0.39 is 35.7 Å². The van der Waals surface area contributed by atoms with Gasteiger partial charge in [0.05, 0.1) is 24.2 Å². The second kappa shape index (κ2) is 6.99. The van der Waals surface area contributed by atoms with Crippen molar-refractivity contribution in [3.8, 4) is 0 Å². The highest BCUT2D eigenvalue weighted by Crippen LogP contribution is 2.30. The van der Waals surface area contributed by atoms with Crippen molar-refractivity contribution in [1.82, 2.24) is 5.06 Å². The van der Waals surface area contributed by atoms with Gasteiger partial charge in [-0.3, -0.25) is 19.2 Å². The van der Waals surface area contributed by atoms with E-state index in [4.69, 9.17) is 0 Å². The molecule has 0 bridgehead atoms. The fourth-order valence-electron chi connectivity index (χ4n) is 3.56. The highest BCUT2D eigenvalue weighted by Gasteiger charge is 2.50. The Labute approximate surface area is 160 Å². The Morgan fingerprint density at radius 3 is 1.39 bits per heavy atom. The van der Waals surface area contributed by atoms with Crippen LogP contribution in [0.25, 0.3) is 0 Å². The summed E-state index contributed by atoms with van der Waals surface area (Å²) < 4.78 is 0. The van der Waals surface area contributed by atoms with Crippen LogP contribution in [0.1, 0.15) is 12.8 Å². The van der Waals surface area contributed by atoms with Gasteiger partial charge in [0.1, 0.15) is 12.1 Å². The first-order chi connectivity index (χ1) is 13.5. The molecule has 8 heteroatoms. The Morgan fingerprint density at radius 1 is 0.679 bits per heavy atom. The molecule has 0 radical (unpaired) electrons. The zero-order chi connectivity index (χ0) is 19.8. The molecule has 2 heterocycles. The molecule has 0 spiro atoms. The largest absolute Gasteiger partial charge is 0.312 e. The zero-order valence-corrected chi connectivity index (χ0v) is 14.8. The number of carbonyl (C=O) groups excluding carboxylic acids is 4. The lowest BCUT2D eigenvalue weighted by Gasteiger charge is -2.25. The molecule has 2 unspecified atom stereocenters. The Bertz CT molecular complexity index is 869. The Kier molecular flexibility index (Phi) is 4.50. The number of benzene rings is 2. The van der Waals surface area contributed by atoms with Crippen molar-refractivity contribution in [2.24, 2.45) is 0 Å². The van der Waals surface area contributed by atoms with Gasteiger partial charge in [-0.1, -0.05) is 36.4 Å². The molecule has 8 nitrogen and oxygen atoms in total. The van der Waals surface area contributed by atoms with Gasteiger partial charge in [-0.05, 0) is 24.3 Å². The normalized spacial score (nSPS) is 22.6. The molecule has 2 atom stereocenters. The van der Waals surface area contributed by atoms with Crippen LogP contribution in [0.2, 0.25) is 0 Å². The third-order valence-electron chi connectivity index (χ3n) is 4.91. The van der Waals surface area contributed by atoms with E-state index >= 15 is 0 Å². The van der Waals surface area contributed by atoms with Gasteiger partial charge in [0.15, 0.2) is 0 Å². The van der Waals surface area contributed by atoms with Crippen molar-refractivity contribution < 1.29 is 24.4 Å². The lowest BCUT2D eigenvalue weighted by Crippen LogP contribution is -2.48. The molecule has 142 valence electrons. The third-order valence-corrected chi connectivity index (χ3v) is 4.91. The molecular formula is C20H17N3O5. The summed E-state index contributed by atoms with van der Waals surface area (Å²) >= 11 is 0. The highest BCUT2D eigenvalue weighted by atomic mass is 16.5. The Hall–Kier alpha value is -3.36. The third kappa shape index (κ3) is 2.88. The maximum Gasteiger partial charge on any atom is 0.254 e. The number of anilines is 2. The van der Waals surface area contributed by atoms with Gasteiger partial charge in [-0.2, -0.15) is 5.06 Å². The summed E-state index contributed by atoms with van der Waals surface area (Å²) in [6, 6.07) is 14.3. The second-order valence-electron chi connectivity index (χ2n) is 6.63. The van der Waals surface area contributed by atoms with E-state index in [0.717, 1.165) is 9.80 Å². The summed E-state index contributed by atoms with van der Waals surface area (Å²) in [5, 5.41) is 11.2. The number of imide groups is 2. The first-order valence-electron chi connectivity index (χ1n) is 8.80. The Balaban J connectivity index is 1.56. The number of amides is 4. The molecule has 0 aliphatic carbocycles. The lowest BCUT2D eigenvalue weighted by molar-refractivity contribution is -0.172. The standard InChI is InChI=1S/C20H17N3O5/c24-17-11-15(19(26)21(17)13-7-3-1-4-8-13)23(28)16-12-18(25)22(20(16)27)14-9-5-2-6-10-14/h1-10,15-16,28H,11-12H2. The molecule has 0 aromatic heterocycles. The molecule has 4 amide bonds. The van der Waals surface area contributed by atoms with E-state index in [1.807, 2.05) is 0 Å². The summed E-state index contributed by atoms with van der Waals surface area (Å²) in [6.07, 6.45) is -0.541. The second-order valence-corrected chi connectivity index (χ2v) is 6.63. The molecule has 2 aromatic rings. The van der Waals surface area contributed by atoms with E-state index in [-0.39, 0.29) is 12.8 Å². The van der Waals surface area contributed by atoms with Crippen molar-refractivity contribution in [2.45, 2.75) is 24.9 Å². The van der Waals surface area contributed by atoms with E-state index in [2.05, 4.69) is 0 Å². The fourth-order valence-corrected chi connectivity index (χ4v) is 3.56. The molecule has 2 aliphatic heterocycles. The van der Waals surface area contributed by atoms with Gasteiger partial charge in [0.25, 0.3) is 11.8 Å². The topological polar surface area (TPSA) is 98.2 Å². The summed E-state index contributed by atoms with van der Waals surface area (Å²) in [5.41, 5.74) is 0.793. The number of nitrogens with zero attached hydrogens (tertiary/aromatic N) is 3. The van der Waals surface area contributed by atoms with Crippen LogP contribution in [0.4, 0.5) is 11.4 Å². The first-order valence-corrected chi connectivity index (χ1v) is 8.80. The quantitative estimate of drug-likeness (QED) is 0.636. The molecule has 4 rings (SSSR count). The lowest BCUT2D eigenvalue weighted by atomic mass is 10.1. The molecule has 2 aliphatic rings. The van der Waals surface area contributed by atoms with Crippen LogP contribution in [0.15, 0.2) is 60.7 Å². The SMILES string of the molecule is O=C1CC(N(O)C2CC(=O)N(c3ccccc3)C2=O)C(=O)N1c1ccccc1. The van der Waals surface area contributed by atoms with Crippen LogP contribution in [-0.4, -0.2) is 46.0 Å². The van der Waals surface area contributed by atoms with E-state index in [1.54, 1.807) is 60.7 Å². The van der Waals surface area contributed by atoms with Crippen LogP contribution < -0.4 is 9.80 Å². The number of hydroxylamine groups is 2. The molecule has 2 fully saturated rings. The van der Waals surface area contributed by atoms with E-state index in [1.165, 1.54) is 0 Å². The van der Waals surface area contributed by atoms with Gasteiger partial charge < -0.3 is 5.21 Å². The number of para-hydroxylation sites is 2. The van der Waals surface area contributed by atoms with Crippen molar-refractivity contribution in [1.29, 1.82) is 0 Å². The van der Waals surface area contributed by atoms with Crippen LogP contribution in [0.5, 0.6) is 0 Å². The van der Waals surface area contributed by atoms with Crippen LogP contribution in [0.3, 0.4) is 0 Å². The van der Waals surface area contributed by atoms with Crippen LogP contribution in [0, 0.1) is 0 Å². The van der Waals surface area contributed by atoms with Crippen molar-refractivity contribution in [3.63, 3.8) is 0 Å².